The summed E-state index contributed by atoms with van der Waals surface area (Å²) in [4.78, 5) is 0. The zero-order valence-electron chi connectivity index (χ0n) is 7.84. The maximum Gasteiger partial charge on any atom is 0.0498 e. The molecule has 1 aromatic heterocycles. The lowest BCUT2D eigenvalue weighted by atomic mass is 10.3. The van der Waals surface area contributed by atoms with Gasteiger partial charge in [0.25, 0.3) is 0 Å². The van der Waals surface area contributed by atoms with Gasteiger partial charge in [0, 0.05) is 21.2 Å². The summed E-state index contributed by atoms with van der Waals surface area (Å²) < 4.78 is 2.17. The summed E-state index contributed by atoms with van der Waals surface area (Å²) in [5, 5.41) is 7.63. The standard InChI is InChI=1S/C11H9Br2NS/c12-9-1-2-10(13)11(5-9)14-6-8-3-4-15-7-8/h1-5,7,14H,6H2. The minimum atomic E-state index is 0.860. The molecule has 0 spiro atoms. The van der Waals surface area contributed by atoms with Crippen LogP contribution in [0.3, 0.4) is 0 Å². The first kappa shape index (κ1) is 11.2. The zero-order valence-corrected chi connectivity index (χ0v) is 11.8. The van der Waals surface area contributed by atoms with Crippen molar-refractivity contribution >= 4 is 48.9 Å². The Kier molecular flexibility index (Phi) is 3.83. The molecule has 0 saturated carbocycles. The maximum absolute atomic E-state index is 3.51. The largest absolute Gasteiger partial charge is 0.380 e. The first-order valence-corrected chi connectivity index (χ1v) is 6.98. The summed E-state index contributed by atoms with van der Waals surface area (Å²) in [6.07, 6.45) is 0. The SMILES string of the molecule is Brc1ccc(Br)c(NCc2ccsc2)c1. The smallest absolute Gasteiger partial charge is 0.0498 e. The molecule has 0 amide bonds. The van der Waals surface area contributed by atoms with Crippen LogP contribution >= 0.6 is 43.2 Å². The molecule has 0 aliphatic carbocycles. The molecule has 0 radical (unpaired) electrons. The molecule has 1 nitrogen and oxygen atoms in total. The van der Waals surface area contributed by atoms with E-state index < -0.39 is 0 Å². The molecule has 1 aromatic carbocycles. The molecule has 2 rings (SSSR count). The van der Waals surface area contributed by atoms with Gasteiger partial charge in [-0.15, -0.1) is 0 Å². The zero-order chi connectivity index (χ0) is 10.7. The first-order chi connectivity index (χ1) is 7.25. The summed E-state index contributed by atoms with van der Waals surface area (Å²) >= 11 is 8.69. The van der Waals surface area contributed by atoms with E-state index in [9.17, 15) is 0 Å². The number of anilines is 1. The van der Waals surface area contributed by atoms with Gasteiger partial charge in [-0.3, -0.25) is 0 Å². The Morgan fingerprint density at radius 1 is 1.20 bits per heavy atom. The number of benzene rings is 1. The van der Waals surface area contributed by atoms with E-state index in [1.54, 1.807) is 11.3 Å². The average Bonchev–Trinajstić information content (AvgIpc) is 2.72. The van der Waals surface area contributed by atoms with Crippen LogP contribution in [0.5, 0.6) is 0 Å². The van der Waals surface area contributed by atoms with Crippen LogP contribution < -0.4 is 5.32 Å². The topological polar surface area (TPSA) is 12.0 Å². The number of rotatable bonds is 3. The molecule has 0 unspecified atom stereocenters. The molecule has 78 valence electrons. The Labute approximate surface area is 110 Å². The minimum Gasteiger partial charge on any atom is -0.380 e. The van der Waals surface area contributed by atoms with E-state index in [1.165, 1.54) is 5.56 Å². The molecule has 0 aliphatic rings. The van der Waals surface area contributed by atoms with Crippen molar-refractivity contribution in [2.45, 2.75) is 6.54 Å². The average molecular weight is 347 g/mol. The molecule has 0 atom stereocenters. The van der Waals surface area contributed by atoms with Crippen molar-refractivity contribution in [2.75, 3.05) is 5.32 Å². The van der Waals surface area contributed by atoms with Crippen LogP contribution in [-0.2, 0) is 6.54 Å². The van der Waals surface area contributed by atoms with E-state index in [0.717, 1.165) is 21.2 Å². The van der Waals surface area contributed by atoms with E-state index >= 15 is 0 Å². The van der Waals surface area contributed by atoms with Gasteiger partial charge >= 0.3 is 0 Å². The van der Waals surface area contributed by atoms with Gasteiger partial charge in [0.1, 0.15) is 0 Å². The number of thiophene rings is 1. The molecule has 0 aliphatic heterocycles. The second kappa shape index (κ2) is 5.14. The molecule has 1 heterocycles. The van der Waals surface area contributed by atoms with E-state index in [-0.39, 0.29) is 0 Å². The Balaban J connectivity index is 2.07. The highest BCUT2D eigenvalue weighted by molar-refractivity contribution is 9.11. The molecule has 4 heteroatoms. The summed E-state index contributed by atoms with van der Waals surface area (Å²) in [5.41, 5.74) is 2.42. The van der Waals surface area contributed by atoms with Gasteiger partial charge in [-0.1, -0.05) is 15.9 Å². The van der Waals surface area contributed by atoms with E-state index in [4.69, 9.17) is 0 Å². The van der Waals surface area contributed by atoms with Crippen LogP contribution in [0.1, 0.15) is 5.56 Å². The summed E-state index contributed by atoms with van der Waals surface area (Å²) in [6, 6.07) is 8.24. The molecule has 1 N–H and O–H groups in total. The summed E-state index contributed by atoms with van der Waals surface area (Å²) in [5.74, 6) is 0. The van der Waals surface area contributed by atoms with E-state index in [1.807, 2.05) is 12.1 Å². The maximum atomic E-state index is 3.51. The van der Waals surface area contributed by atoms with Crippen LogP contribution in [0.4, 0.5) is 5.69 Å². The fraction of sp³-hybridized carbons (Fsp3) is 0.0909. The highest BCUT2D eigenvalue weighted by Gasteiger charge is 2.00. The van der Waals surface area contributed by atoms with Crippen molar-refractivity contribution in [3.63, 3.8) is 0 Å². The highest BCUT2D eigenvalue weighted by Crippen LogP contribution is 2.26. The van der Waals surface area contributed by atoms with Gasteiger partial charge in [0.15, 0.2) is 0 Å². The second-order valence-corrected chi connectivity index (χ2v) is 5.66. The van der Waals surface area contributed by atoms with Crippen LogP contribution in [-0.4, -0.2) is 0 Å². The Hall–Kier alpha value is -0.320. The van der Waals surface area contributed by atoms with E-state index in [2.05, 4.69) is 60.1 Å². The molecule has 0 bridgehead atoms. The van der Waals surface area contributed by atoms with Crippen molar-refractivity contribution < 1.29 is 0 Å². The lowest BCUT2D eigenvalue weighted by Crippen LogP contribution is -1.98. The van der Waals surface area contributed by atoms with Crippen molar-refractivity contribution in [1.82, 2.24) is 0 Å². The van der Waals surface area contributed by atoms with Gasteiger partial charge in [0.2, 0.25) is 0 Å². The molecule has 0 fully saturated rings. The van der Waals surface area contributed by atoms with Gasteiger partial charge in [-0.2, -0.15) is 11.3 Å². The van der Waals surface area contributed by atoms with Crippen LogP contribution in [0.25, 0.3) is 0 Å². The summed E-state index contributed by atoms with van der Waals surface area (Å²) in [7, 11) is 0. The minimum absolute atomic E-state index is 0.860. The fourth-order valence-corrected chi connectivity index (χ4v) is 2.64. The van der Waals surface area contributed by atoms with Crippen LogP contribution in [0.2, 0.25) is 0 Å². The van der Waals surface area contributed by atoms with Crippen molar-refractivity contribution in [3.8, 4) is 0 Å². The predicted molar refractivity (Wildman–Crippen MR) is 73.5 cm³/mol. The van der Waals surface area contributed by atoms with Crippen LogP contribution in [0.15, 0.2) is 44.0 Å². The predicted octanol–water partition coefficient (Wildman–Crippen LogP) is 4.89. The number of halogens is 2. The molecular weight excluding hydrogens is 338 g/mol. The third-order valence-corrected chi connectivity index (χ3v) is 3.91. The van der Waals surface area contributed by atoms with Crippen LogP contribution in [0, 0.1) is 0 Å². The quantitative estimate of drug-likeness (QED) is 0.834. The molecule has 15 heavy (non-hydrogen) atoms. The van der Waals surface area contributed by atoms with Crippen molar-refractivity contribution in [3.05, 3.63) is 49.5 Å². The van der Waals surface area contributed by atoms with E-state index in [0.29, 0.717) is 0 Å². The number of hydrogen-bond donors (Lipinski definition) is 1. The monoisotopic (exact) mass is 345 g/mol. The van der Waals surface area contributed by atoms with Gasteiger partial charge in [-0.25, -0.2) is 0 Å². The Morgan fingerprint density at radius 3 is 2.80 bits per heavy atom. The normalized spacial score (nSPS) is 10.3. The molecule has 2 aromatic rings. The Morgan fingerprint density at radius 2 is 2.07 bits per heavy atom. The van der Waals surface area contributed by atoms with Gasteiger partial charge in [0.05, 0.1) is 0 Å². The lowest BCUT2D eigenvalue weighted by molar-refractivity contribution is 1.16. The van der Waals surface area contributed by atoms with Gasteiger partial charge < -0.3 is 5.32 Å². The fourth-order valence-electron chi connectivity index (χ4n) is 1.22. The lowest BCUT2D eigenvalue weighted by Gasteiger charge is -2.07. The third kappa shape index (κ3) is 3.06. The number of nitrogens with one attached hydrogen (secondary N) is 1. The third-order valence-electron chi connectivity index (χ3n) is 1.99. The number of hydrogen-bond acceptors (Lipinski definition) is 2. The molecular formula is C11H9Br2NS. The van der Waals surface area contributed by atoms with Gasteiger partial charge in [-0.05, 0) is 56.5 Å². The highest BCUT2D eigenvalue weighted by atomic mass is 79.9. The first-order valence-electron chi connectivity index (χ1n) is 4.46. The van der Waals surface area contributed by atoms with Crippen molar-refractivity contribution in [1.29, 1.82) is 0 Å². The summed E-state index contributed by atoms with van der Waals surface area (Å²) in [6.45, 7) is 0.860. The second-order valence-electron chi connectivity index (χ2n) is 3.11. The van der Waals surface area contributed by atoms with Crippen molar-refractivity contribution in [2.24, 2.45) is 0 Å². The Bertz CT molecular complexity index is 440. The molecule has 0 saturated heterocycles.